The van der Waals surface area contributed by atoms with Crippen LogP contribution in [0.4, 0.5) is 0 Å². The Morgan fingerprint density at radius 3 is 3.00 bits per heavy atom. The van der Waals surface area contributed by atoms with Crippen LogP contribution in [0, 0.1) is 11.3 Å². The van der Waals surface area contributed by atoms with Gasteiger partial charge < -0.3 is 9.72 Å². The van der Waals surface area contributed by atoms with Crippen LogP contribution in [0.25, 0.3) is 10.9 Å². The minimum absolute atomic E-state index is 0.134. The number of benzene rings is 1. The van der Waals surface area contributed by atoms with Gasteiger partial charge in [0.25, 0.3) is 0 Å². The zero-order valence-corrected chi connectivity index (χ0v) is 11.5. The van der Waals surface area contributed by atoms with Crippen molar-refractivity contribution in [3.05, 3.63) is 51.8 Å². The van der Waals surface area contributed by atoms with E-state index < -0.39 is 0 Å². The normalized spacial score (nSPS) is 10.4. The number of aromatic nitrogens is 1. The van der Waals surface area contributed by atoms with Crippen molar-refractivity contribution in [1.29, 1.82) is 5.26 Å². The van der Waals surface area contributed by atoms with Gasteiger partial charge in [0.2, 0.25) is 5.78 Å². The number of hydrogen-bond donors (Lipinski definition) is 1. The van der Waals surface area contributed by atoms with Crippen molar-refractivity contribution in [3.8, 4) is 11.8 Å². The molecule has 0 bridgehead atoms. The van der Waals surface area contributed by atoms with Crippen molar-refractivity contribution in [3.63, 3.8) is 0 Å². The van der Waals surface area contributed by atoms with E-state index in [0.29, 0.717) is 27.1 Å². The van der Waals surface area contributed by atoms with Crippen molar-refractivity contribution in [2.24, 2.45) is 0 Å². The first kappa shape index (κ1) is 12.5. The highest BCUT2D eigenvalue weighted by Gasteiger charge is 2.20. The number of ether oxygens (including phenoxy) is 1. The summed E-state index contributed by atoms with van der Waals surface area (Å²) in [4.78, 5) is 16.2. The third-order valence-electron chi connectivity index (χ3n) is 3.13. The van der Waals surface area contributed by atoms with Gasteiger partial charge in [0.15, 0.2) is 0 Å². The third kappa shape index (κ3) is 1.78. The van der Waals surface area contributed by atoms with Crippen LogP contribution in [0.1, 0.15) is 20.8 Å². The summed E-state index contributed by atoms with van der Waals surface area (Å²) in [6.07, 6.45) is 1.65. The summed E-state index contributed by atoms with van der Waals surface area (Å²) in [6.45, 7) is 0. The molecule has 0 saturated carbocycles. The van der Waals surface area contributed by atoms with E-state index in [2.05, 4.69) is 11.1 Å². The number of aromatic amines is 1. The fourth-order valence-electron chi connectivity index (χ4n) is 2.20. The summed E-state index contributed by atoms with van der Waals surface area (Å²) in [7, 11) is 1.54. The molecule has 1 aromatic carbocycles. The molecule has 98 valence electrons. The Bertz CT molecular complexity index is 839. The van der Waals surface area contributed by atoms with E-state index in [1.165, 1.54) is 18.4 Å². The molecule has 2 aromatic heterocycles. The molecule has 0 aliphatic heterocycles. The smallest absolute Gasteiger partial charge is 0.208 e. The number of nitrogens with zero attached hydrogens (tertiary/aromatic N) is 1. The lowest BCUT2D eigenvalue weighted by Gasteiger charge is -2.02. The average Bonchev–Trinajstić information content (AvgIpc) is 3.12. The summed E-state index contributed by atoms with van der Waals surface area (Å²) >= 11 is 1.33. The van der Waals surface area contributed by atoms with Gasteiger partial charge in [-0.15, -0.1) is 11.3 Å². The minimum atomic E-state index is -0.134. The van der Waals surface area contributed by atoms with Crippen LogP contribution in [0.5, 0.6) is 5.75 Å². The fraction of sp³-hybridized carbons (Fsp3) is 0.0667. The Balaban J connectivity index is 2.21. The van der Waals surface area contributed by atoms with Crippen LogP contribution in [0.3, 0.4) is 0 Å². The van der Waals surface area contributed by atoms with Gasteiger partial charge in [-0.25, -0.2) is 0 Å². The maximum Gasteiger partial charge on any atom is 0.208 e. The number of hydrogen-bond acceptors (Lipinski definition) is 4. The minimum Gasteiger partial charge on any atom is -0.495 e. The molecule has 0 amide bonds. The second-order valence-electron chi connectivity index (χ2n) is 4.19. The summed E-state index contributed by atoms with van der Waals surface area (Å²) in [5, 5.41) is 11.7. The van der Waals surface area contributed by atoms with Crippen molar-refractivity contribution in [2.75, 3.05) is 7.11 Å². The van der Waals surface area contributed by atoms with Gasteiger partial charge in [0.1, 0.15) is 10.6 Å². The molecular weight excluding hydrogens is 272 g/mol. The number of rotatable bonds is 3. The second kappa shape index (κ2) is 4.83. The molecule has 0 saturated heterocycles. The molecule has 0 aliphatic rings. The Morgan fingerprint density at radius 1 is 1.40 bits per heavy atom. The lowest BCUT2D eigenvalue weighted by molar-refractivity contribution is 0.104. The predicted octanol–water partition coefficient (Wildman–Crippen LogP) is 3.34. The molecule has 3 aromatic rings. The lowest BCUT2D eigenvalue weighted by Crippen LogP contribution is -2.00. The van der Waals surface area contributed by atoms with Gasteiger partial charge >= 0.3 is 0 Å². The Morgan fingerprint density at radius 2 is 2.25 bits per heavy atom. The molecule has 1 N–H and O–H groups in total. The first-order valence-corrected chi connectivity index (χ1v) is 6.80. The lowest BCUT2D eigenvalue weighted by atomic mass is 10.0. The van der Waals surface area contributed by atoms with Crippen LogP contribution < -0.4 is 4.74 Å². The molecule has 0 spiro atoms. The second-order valence-corrected chi connectivity index (χ2v) is 5.11. The van der Waals surface area contributed by atoms with Crippen LogP contribution in [-0.2, 0) is 0 Å². The number of nitriles is 1. The van der Waals surface area contributed by atoms with Gasteiger partial charge in [-0.1, -0.05) is 6.07 Å². The van der Waals surface area contributed by atoms with Crippen LogP contribution >= 0.6 is 11.3 Å². The molecule has 0 fully saturated rings. The maximum atomic E-state index is 12.6. The summed E-state index contributed by atoms with van der Waals surface area (Å²) < 4.78 is 5.19. The average molecular weight is 282 g/mol. The third-order valence-corrected chi connectivity index (χ3v) is 4.02. The SMILES string of the molecule is COc1ccsc1C(=O)c1c[nH]c2cccc(C#N)c12. The van der Waals surface area contributed by atoms with E-state index in [-0.39, 0.29) is 5.78 Å². The van der Waals surface area contributed by atoms with E-state index in [1.54, 1.807) is 24.4 Å². The monoisotopic (exact) mass is 282 g/mol. The number of H-pyrrole nitrogens is 1. The molecule has 5 heteroatoms. The quantitative estimate of drug-likeness (QED) is 0.749. The Kier molecular flexibility index (Phi) is 3.01. The Hall–Kier alpha value is -2.58. The number of thiophene rings is 1. The summed E-state index contributed by atoms with van der Waals surface area (Å²) in [5.74, 6) is 0.426. The number of carbonyl (C=O) groups is 1. The summed E-state index contributed by atoms with van der Waals surface area (Å²) in [5.41, 5.74) is 1.77. The number of methoxy groups -OCH3 is 1. The molecule has 4 nitrogen and oxygen atoms in total. The first-order valence-electron chi connectivity index (χ1n) is 5.92. The van der Waals surface area contributed by atoms with Gasteiger partial charge in [-0.2, -0.15) is 5.26 Å². The van der Waals surface area contributed by atoms with Crippen LogP contribution in [0.15, 0.2) is 35.8 Å². The zero-order chi connectivity index (χ0) is 14.1. The van der Waals surface area contributed by atoms with Gasteiger partial charge in [-0.05, 0) is 23.6 Å². The topological polar surface area (TPSA) is 65.9 Å². The number of nitrogens with one attached hydrogen (secondary N) is 1. The highest BCUT2D eigenvalue weighted by molar-refractivity contribution is 7.12. The highest BCUT2D eigenvalue weighted by atomic mass is 32.1. The van der Waals surface area contributed by atoms with E-state index in [9.17, 15) is 10.1 Å². The van der Waals surface area contributed by atoms with Gasteiger partial charge in [-0.3, -0.25) is 4.79 Å². The molecular formula is C15H10N2O2S. The predicted molar refractivity (Wildman–Crippen MR) is 77.3 cm³/mol. The zero-order valence-electron chi connectivity index (χ0n) is 10.6. The van der Waals surface area contributed by atoms with Gasteiger partial charge in [0, 0.05) is 17.1 Å². The summed E-state index contributed by atoms with van der Waals surface area (Å²) in [6, 6.07) is 9.23. The molecule has 0 aliphatic carbocycles. The van der Waals surface area contributed by atoms with Gasteiger partial charge in [0.05, 0.1) is 24.3 Å². The van der Waals surface area contributed by atoms with Crippen molar-refractivity contribution >= 4 is 28.0 Å². The molecule has 2 heterocycles. The first-order chi connectivity index (χ1) is 9.76. The van der Waals surface area contributed by atoms with E-state index in [0.717, 1.165) is 5.52 Å². The molecule has 0 unspecified atom stereocenters. The number of ketones is 1. The van der Waals surface area contributed by atoms with E-state index >= 15 is 0 Å². The maximum absolute atomic E-state index is 12.6. The number of fused-ring (bicyclic) bond motifs is 1. The fourth-order valence-corrected chi connectivity index (χ4v) is 3.02. The van der Waals surface area contributed by atoms with Crippen LogP contribution in [0.2, 0.25) is 0 Å². The van der Waals surface area contributed by atoms with E-state index in [1.807, 2.05) is 11.4 Å². The van der Waals surface area contributed by atoms with Crippen LogP contribution in [-0.4, -0.2) is 17.9 Å². The molecule has 20 heavy (non-hydrogen) atoms. The molecule has 3 rings (SSSR count). The number of carbonyl (C=O) groups excluding carboxylic acids is 1. The van der Waals surface area contributed by atoms with E-state index in [4.69, 9.17) is 4.74 Å². The highest BCUT2D eigenvalue weighted by Crippen LogP contribution is 2.31. The largest absolute Gasteiger partial charge is 0.495 e. The standard InChI is InChI=1S/C15H10N2O2S/c1-19-12-5-6-20-15(12)14(18)10-8-17-11-4-2-3-9(7-16)13(10)11/h2-6,8,17H,1H3. The van der Waals surface area contributed by atoms with Crippen molar-refractivity contribution in [2.45, 2.75) is 0 Å². The van der Waals surface area contributed by atoms with Crippen molar-refractivity contribution in [1.82, 2.24) is 4.98 Å². The van der Waals surface area contributed by atoms with Crippen molar-refractivity contribution < 1.29 is 9.53 Å². The Labute approximate surface area is 119 Å². The molecule has 0 radical (unpaired) electrons. The molecule has 0 atom stereocenters.